The lowest BCUT2D eigenvalue weighted by atomic mass is 10.2. The summed E-state index contributed by atoms with van der Waals surface area (Å²) in [5, 5.41) is 23.1. The standard InChI is InChI=1S/C13H17ClN2O5/c1-2-6-15-10(13(17)18)5-7-21-12-8-9(14)3-4-11(12)16(19)20/h3-4,8,10,15H,2,5-7H2,1H3,(H,17,18). The van der Waals surface area contributed by atoms with E-state index in [1.54, 1.807) is 0 Å². The van der Waals surface area contributed by atoms with Crippen molar-refractivity contribution in [2.45, 2.75) is 25.8 Å². The number of ether oxygens (including phenoxy) is 1. The number of carboxylic acids is 1. The van der Waals surface area contributed by atoms with E-state index in [0.717, 1.165) is 6.42 Å². The van der Waals surface area contributed by atoms with Crippen molar-refractivity contribution >= 4 is 23.3 Å². The molecule has 0 aliphatic carbocycles. The summed E-state index contributed by atoms with van der Waals surface area (Å²) in [6, 6.07) is 3.25. The van der Waals surface area contributed by atoms with Gasteiger partial charge in [-0.15, -0.1) is 0 Å². The fourth-order valence-corrected chi connectivity index (χ4v) is 1.83. The van der Waals surface area contributed by atoms with Crippen molar-refractivity contribution in [1.29, 1.82) is 0 Å². The molecule has 0 saturated heterocycles. The van der Waals surface area contributed by atoms with Crippen LogP contribution >= 0.6 is 11.6 Å². The van der Waals surface area contributed by atoms with Crippen LogP contribution in [-0.4, -0.2) is 35.2 Å². The Hall–Kier alpha value is -1.86. The van der Waals surface area contributed by atoms with Crippen molar-refractivity contribution in [3.63, 3.8) is 0 Å². The Balaban J connectivity index is 2.64. The molecule has 0 aliphatic rings. The van der Waals surface area contributed by atoms with E-state index in [2.05, 4.69) is 5.32 Å². The maximum absolute atomic E-state index is 11.0. The number of nitro groups is 1. The second-order valence-electron chi connectivity index (χ2n) is 4.35. The number of halogens is 1. The Morgan fingerprint density at radius 1 is 1.57 bits per heavy atom. The molecule has 0 heterocycles. The van der Waals surface area contributed by atoms with Gasteiger partial charge in [0, 0.05) is 23.6 Å². The molecule has 1 aromatic rings. The van der Waals surface area contributed by atoms with Crippen LogP contribution in [-0.2, 0) is 4.79 Å². The molecule has 0 aromatic heterocycles. The Morgan fingerprint density at radius 2 is 2.29 bits per heavy atom. The van der Waals surface area contributed by atoms with Gasteiger partial charge >= 0.3 is 11.7 Å². The van der Waals surface area contributed by atoms with Crippen molar-refractivity contribution in [1.82, 2.24) is 5.32 Å². The molecule has 7 nitrogen and oxygen atoms in total. The molecule has 0 radical (unpaired) electrons. The summed E-state index contributed by atoms with van der Waals surface area (Å²) < 4.78 is 5.31. The average molecular weight is 317 g/mol. The molecule has 0 fully saturated rings. The van der Waals surface area contributed by atoms with Crippen LogP contribution in [0.25, 0.3) is 0 Å². The maximum Gasteiger partial charge on any atom is 0.320 e. The van der Waals surface area contributed by atoms with E-state index in [-0.39, 0.29) is 24.5 Å². The second kappa shape index (κ2) is 8.43. The molecule has 0 aliphatic heterocycles. The van der Waals surface area contributed by atoms with Gasteiger partial charge < -0.3 is 15.2 Å². The summed E-state index contributed by atoms with van der Waals surface area (Å²) in [5.41, 5.74) is -0.201. The molecule has 0 bridgehead atoms. The van der Waals surface area contributed by atoms with Gasteiger partial charge in [-0.25, -0.2) is 0 Å². The smallest absolute Gasteiger partial charge is 0.320 e. The zero-order valence-electron chi connectivity index (χ0n) is 11.5. The molecular weight excluding hydrogens is 300 g/mol. The number of hydrogen-bond acceptors (Lipinski definition) is 5. The lowest BCUT2D eigenvalue weighted by Gasteiger charge is -2.14. The molecule has 1 rings (SSSR count). The van der Waals surface area contributed by atoms with Gasteiger partial charge in [-0.3, -0.25) is 14.9 Å². The monoisotopic (exact) mass is 316 g/mol. The Morgan fingerprint density at radius 3 is 2.86 bits per heavy atom. The summed E-state index contributed by atoms with van der Waals surface area (Å²) in [7, 11) is 0. The van der Waals surface area contributed by atoms with E-state index in [9.17, 15) is 14.9 Å². The van der Waals surface area contributed by atoms with Crippen LogP contribution in [0.2, 0.25) is 5.02 Å². The zero-order chi connectivity index (χ0) is 15.8. The van der Waals surface area contributed by atoms with Crippen molar-refractivity contribution in [3.8, 4) is 5.75 Å². The molecule has 1 unspecified atom stereocenters. The van der Waals surface area contributed by atoms with Gasteiger partial charge in [-0.1, -0.05) is 18.5 Å². The van der Waals surface area contributed by atoms with Gasteiger partial charge in [-0.2, -0.15) is 0 Å². The van der Waals surface area contributed by atoms with Gasteiger partial charge in [0.2, 0.25) is 0 Å². The Kier molecular flexibility index (Phi) is 6.90. The second-order valence-corrected chi connectivity index (χ2v) is 4.79. The highest BCUT2D eigenvalue weighted by atomic mass is 35.5. The maximum atomic E-state index is 11.0. The number of carbonyl (C=O) groups is 1. The van der Waals surface area contributed by atoms with Crippen molar-refractivity contribution < 1.29 is 19.6 Å². The predicted molar refractivity (Wildman–Crippen MR) is 77.9 cm³/mol. The van der Waals surface area contributed by atoms with E-state index < -0.39 is 16.9 Å². The summed E-state index contributed by atoms with van der Waals surface area (Å²) >= 11 is 5.77. The zero-order valence-corrected chi connectivity index (χ0v) is 12.3. The van der Waals surface area contributed by atoms with Crippen LogP contribution in [0.5, 0.6) is 5.75 Å². The number of rotatable bonds is 9. The molecule has 1 aromatic carbocycles. The number of hydrogen-bond donors (Lipinski definition) is 2. The van der Waals surface area contributed by atoms with Gasteiger partial charge in [0.1, 0.15) is 6.04 Å². The largest absolute Gasteiger partial charge is 0.487 e. The predicted octanol–water partition coefficient (Wildman–Crippen LogP) is 2.47. The minimum absolute atomic E-state index is 0.0344. The van der Waals surface area contributed by atoms with Gasteiger partial charge in [0.25, 0.3) is 0 Å². The highest BCUT2D eigenvalue weighted by Gasteiger charge is 2.19. The van der Waals surface area contributed by atoms with E-state index in [0.29, 0.717) is 11.6 Å². The van der Waals surface area contributed by atoms with Crippen molar-refractivity contribution in [2.75, 3.05) is 13.2 Å². The fraction of sp³-hybridized carbons (Fsp3) is 0.462. The topological polar surface area (TPSA) is 102 Å². The van der Waals surface area contributed by atoms with E-state index >= 15 is 0 Å². The van der Waals surface area contributed by atoms with Crippen molar-refractivity contribution in [2.24, 2.45) is 0 Å². The third-order valence-corrected chi connectivity index (χ3v) is 2.96. The van der Waals surface area contributed by atoms with E-state index in [1.165, 1.54) is 18.2 Å². The number of aliphatic carboxylic acids is 1. The van der Waals surface area contributed by atoms with Gasteiger partial charge in [-0.05, 0) is 19.0 Å². The van der Waals surface area contributed by atoms with Crippen LogP contribution in [0, 0.1) is 10.1 Å². The summed E-state index contributed by atoms with van der Waals surface area (Å²) in [6.45, 7) is 2.54. The lowest BCUT2D eigenvalue weighted by molar-refractivity contribution is -0.385. The third-order valence-electron chi connectivity index (χ3n) is 2.72. The molecule has 8 heteroatoms. The molecule has 116 valence electrons. The van der Waals surface area contributed by atoms with E-state index in [1.807, 2.05) is 6.92 Å². The number of benzene rings is 1. The van der Waals surface area contributed by atoms with Gasteiger partial charge in [0.05, 0.1) is 11.5 Å². The Bertz CT molecular complexity index is 509. The Labute approximate surface area is 127 Å². The normalized spacial score (nSPS) is 11.9. The molecule has 0 spiro atoms. The molecule has 1 atom stereocenters. The first-order chi connectivity index (χ1) is 9.95. The molecule has 0 amide bonds. The van der Waals surface area contributed by atoms with Crippen LogP contribution in [0.1, 0.15) is 19.8 Å². The molecule has 21 heavy (non-hydrogen) atoms. The van der Waals surface area contributed by atoms with Crippen molar-refractivity contribution in [3.05, 3.63) is 33.3 Å². The summed E-state index contributed by atoms with van der Waals surface area (Å²) in [6.07, 6.45) is 1.00. The SMILES string of the molecule is CCCNC(CCOc1cc(Cl)ccc1[N+](=O)[O-])C(=O)O. The highest BCUT2D eigenvalue weighted by Crippen LogP contribution is 2.29. The molecular formula is C13H17ClN2O5. The fourth-order valence-electron chi connectivity index (χ4n) is 1.67. The van der Waals surface area contributed by atoms with Crippen LogP contribution < -0.4 is 10.1 Å². The summed E-state index contributed by atoms with van der Waals surface area (Å²) in [4.78, 5) is 21.3. The molecule has 2 N–H and O–H groups in total. The molecule has 0 saturated carbocycles. The first kappa shape index (κ1) is 17.2. The summed E-state index contributed by atoms with van der Waals surface area (Å²) in [5.74, 6) is -0.945. The van der Waals surface area contributed by atoms with Crippen LogP contribution in [0.15, 0.2) is 18.2 Å². The minimum atomic E-state index is -0.979. The number of nitro benzene ring substituents is 1. The number of nitrogens with zero attached hydrogens (tertiary/aromatic N) is 1. The number of nitrogens with one attached hydrogen (secondary N) is 1. The minimum Gasteiger partial charge on any atom is -0.487 e. The van der Waals surface area contributed by atoms with Crippen LogP contribution in [0.3, 0.4) is 0 Å². The highest BCUT2D eigenvalue weighted by molar-refractivity contribution is 6.30. The first-order valence-electron chi connectivity index (χ1n) is 6.48. The van der Waals surface area contributed by atoms with E-state index in [4.69, 9.17) is 21.4 Å². The number of carboxylic acid groups (broad SMARTS) is 1. The lowest BCUT2D eigenvalue weighted by Crippen LogP contribution is -2.38. The average Bonchev–Trinajstić information content (AvgIpc) is 2.41. The van der Waals surface area contributed by atoms with Crippen LogP contribution in [0.4, 0.5) is 5.69 Å². The quantitative estimate of drug-likeness (QED) is 0.536. The first-order valence-corrected chi connectivity index (χ1v) is 6.86. The third kappa shape index (κ3) is 5.57. The van der Waals surface area contributed by atoms with Gasteiger partial charge in [0.15, 0.2) is 5.75 Å².